The molecule has 3 heteroatoms. The lowest BCUT2D eigenvalue weighted by Gasteiger charge is -2.20. The Balaban J connectivity index is 2.81. The van der Waals surface area contributed by atoms with Gasteiger partial charge in [-0.25, -0.2) is 4.79 Å². The van der Waals surface area contributed by atoms with Gasteiger partial charge in [-0.05, 0) is 42.7 Å². The molecule has 0 amide bonds. The van der Waals surface area contributed by atoms with Crippen LogP contribution in [-0.4, -0.2) is 24.7 Å². The topological polar surface area (TPSA) is 40.5 Å². The zero-order valence-electron chi connectivity index (χ0n) is 11.3. The Bertz CT molecular complexity index is 438. The molecule has 0 aliphatic heterocycles. The normalized spacial score (nSPS) is 10.8. The van der Waals surface area contributed by atoms with Gasteiger partial charge >= 0.3 is 5.97 Å². The molecule has 0 saturated heterocycles. The average molecular weight is 247 g/mol. The molecule has 1 N–H and O–H groups in total. The summed E-state index contributed by atoms with van der Waals surface area (Å²) >= 11 is 0. The van der Waals surface area contributed by atoms with Crippen molar-refractivity contribution in [2.45, 2.75) is 26.7 Å². The van der Waals surface area contributed by atoms with Crippen LogP contribution in [-0.2, 0) is 4.79 Å². The zero-order chi connectivity index (χ0) is 13.5. The van der Waals surface area contributed by atoms with Gasteiger partial charge in [0.25, 0.3) is 0 Å². The van der Waals surface area contributed by atoms with Crippen LogP contribution in [0.5, 0.6) is 0 Å². The highest BCUT2D eigenvalue weighted by atomic mass is 16.4. The van der Waals surface area contributed by atoms with Crippen molar-refractivity contribution < 1.29 is 9.90 Å². The van der Waals surface area contributed by atoms with Crippen LogP contribution >= 0.6 is 0 Å². The third-order valence-corrected chi connectivity index (χ3v) is 2.95. The molecule has 0 fully saturated rings. The second-order valence-corrected chi connectivity index (χ2v) is 4.49. The van der Waals surface area contributed by atoms with Crippen LogP contribution < -0.4 is 4.90 Å². The lowest BCUT2D eigenvalue weighted by molar-refractivity contribution is -0.131. The largest absolute Gasteiger partial charge is 0.478 e. The van der Waals surface area contributed by atoms with E-state index in [1.165, 1.54) is 24.6 Å². The second-order valence-electron chi connectivity index (χ2n) is 4.49. The minimum Gasteiger partial charge on any atom is -0.478 e. The van der Waals surface area contributed by atoms with Crippen LogP contribution in [0.25, 0.3) is 6.08 Å². The number of aliphatic carboxylic acids is 1. The van der Waals surface area contributed by atoms with E-state index in [4.69, 9.17) is 5.11 Å². The summed E-state index contributed by atoms with van der Waals surface area (Å²) in [6.45, 7) is 5.22. The van der Waals surface area contributed by atoms with E-state index in [-0.39, 0.29) is 0 Å². The smallest absolute Gasteiger partial charge is 0.328 e. The highest BCUT2D eigenvalue weighted by Crippen LogP contribution is 2.19. The fraction of sp³-hybridized carbons (Fsp3) is 0.400. The molecule has 1 rings (SSSR count). The second kappa shape index (κ2) is 6.84. The van der Waals surface area contributed by atoms with Crippen molar-refractivity contribution >= 4 is 17.7 Å². The summed E-state index contributed by atoms with van der Waals surface area (Å²) in [5.41, 5.74) is 3.21. The standard InChI is InChI=1S/C15H21NO2/c1-4-5-10-16(3)14-8-6-13(12(2)11-14)7-9-15(17)18/h6-9,11H,4-5,10H2,1-3H3,(H,17,18). The van der Waals surface area contributed by atoms with Crippen LogP contribution in [0.2, 0.25) is 0 Å². The number of carboxylic acid groups (broad SMARTS) is 1. The first-order valence-electron chi connectivity index (χ1n) is 6.27. The Kier molecular flexibility index (Phi) is 5.43. The molecule has 18 heavy (non-hydrogen) atoms. The monoisotopic (exact) mass is 247 g/mol. The van der Waals surface area contributed by atoms with Crippen molar-refractivity contribution in [1.82, 2.24) is 0 Å². The number of anilines is 1. The molecule has 0 saturated carbocycles. The third-order valence-electron chi connectivity index (χ3n) is 2.95. The minimum atomic E-state index is -0.918. The summed E-state index contributed by atoms with van der Waals surface area (Å²) in [7, 11) is 2.08. The lowest BCUT2D eigenvalue weighted by Crippen LogP contribution is -2.18. The fourth-order valence-corrected chi connectivity index (χ4v) is 1.77. The van der Waals surface area contributed by atoms with E-state index < -0.39 is 5.97 Å². The molecule has 0 unspecified atom stereocenters. The summed E-state index contributed by atoms with van der Waals surface area (Å²) in [5, 5.41) is 8.61. The Hall–Kier alpha value is -1.77. The molecular formula is C15H21NO2. The molecule has 0 spiro atoms. The first-order valence-corrected chi connectivity index (χ1v) is 6.27. The van der Waals surface area contributed by atoms with Crippen LogP contribution in [0.1, 0.15) is 30.9 Å². The maximum Gasteiger partial charge on any atom is 0.328 e. The van der Waals surface area contributed by atoms with Crippen LogP contribution in [0.4, 0.5) is 5.69 Å². The minimum absolute atomic E-state index is 0.918. The van der Waals surface area contributed by atoms with Gasteiger partial charge in [0, 0.05) is 25.4 Å². The summed E-state index contributed by atoms with van der Waals surface area (Å²) in [6, 6.07) is 6.09. The first-order chi connectivity index (χ1) is 8.54. The van der Waals surface area contributed by atoms with E-state index in [9.17, 15) is 4.79 Å². The number of rotatable bonds is 6. The van der Waals surface area contributed by atoms with Gasteiger partial charge in [-0.15, -0.1) is 0 Å². The third kappa shape index (κ3) is 4.24. The molecule has 98 valence electrons. The van der Waals surface area contributed by atoms with Gasteiger partial charge in [-0.1, -0.05) is 19.4 Å². The molecule has 0 bridgehead atoms. The maximum absolute atomic E-state index is 10.5. The van der Waals surface area contributed by atoms with Gasteiger partial charge in [-0.2, -0.15) is 0 Å². The van der Waals surface area contributed by atoms with E-state index in [0.717, 1.165) is 17.7 Å². The van der Waals surface area contributed by atoms with Crippen LogP contribution in [0, 0.1) is 6.92 Å². The predicted molar refractivity (Wildman–Crippen MR) is 76.0 cm³/mol. The van der Waals surface area contributed by atoms with Crippen LogP contribution in [0.15, 0.2) is 24.3 Å². The highest BCUT2D eigenvalue weighted by Gasteiger charge is 2.02. The Morgan fingerprint density at radius 3 is 2.72 bits per heavy atom. The van der Waals surface area contributed by atoms with E-state index in [1.807, 2.05) is 19.1 Å². The van der Waals surface area contributed by atoms with E-state index in [2.05, 4.69) is 24.9 Å². The van der Waals surface area contributed by atoms with Gasteiger partial charge in [-0.3, -0.25) is 0 Å². The average Bonchev–Trinajstić information content (AvgIpc) is 2.34. The molecule has 0 atom stereocenters. The number of carboxylic acids is 1. The predicted octanol–water partition coefficient (Wildman–Crippen LogP) is 3.33. The molecule has 1 aromatic carbocycles. The molecular weight excluding hydrogens is 226 g/mol. The number of aryl methyl sites for hydroxylation is 1. The molecule has 3 nitrogen and oxygen atoms in total. The number of nitrogens with zero attached hydrogens (tertiary/aromatic N) is 1. The number of hydrogen-bond acceptors (Lipinski definition) is 2. The zero-order valence-corrected chi connectivity index (χ0v) is 11.3. The van der Waals surface area contributed by atoms with Gasteiger partial charge < -0.3 is 10.0 Å². The highest BCUT2D eigenvalue weighted by molar-refractivity contribution is 5.85. The molecule has 0 aliphatic carbocycles. The Morgan fingerprint density at radius 2 is 2.17 bits per heavy atom. The molecule has 0 aliphatic rings. The summed E-state index contributed by atoms with van der Waals surface area (Å²) < 4.78 is 0. The van der Waals surface area contributed by atoms with E-state index in [1.54, 1.807) is 6.08 Å². The van der Waals surface area contributed by atoms with Crippen molar-refractivity contribution in [3.8, 4) is 0 Å². The Labute approximate surface area is 109 Å². The van der Waals surface area contributed by atoms with Crippen molar-refractivity contribution in [3.63, 3.8) is 0 Å². The summed E-state index contributed by atoms with van der Waals surface area (Å²) in [6.07, 6.45) is 5.16. The van der Waals surface area contributed by atoms with Crippen molar-refractivity contribution in [1.29, 1.82) is 0 Å². The quantitative estimate of drug-likeness (QED) is 0.784. The molecule has 0 heterocycles. The van der Waals surface area contributed by atoms with Crippen molar-refractivity contribution in [2.24, 2.45) is 0 Å². The Morgan fingerprint density at radius 1 is 1.44 bits per heavy atom. The SMILES string of the molecule is CCCCN(C)c1ccc(C=CC(=O)O)c(C)c1. The van der Waals surface area contributed by atoms with Gasteiger partial charge in [0.1, 0.15) is 0 Å². The molecule has 1 aromatic rings. The molecule has 0 aromatic heterocycles. The van der Waals surface area contributed by atoms with E-state index in [0.29, 0.717) is 0 Å². The van der Waals surface area contributed by atoms with Gasteiger partial charge in [0.05, 0.1) is 0 Å². The van der Waals surface area contributed by atoms with Crippen molar-refractivity contribution in [2.75, 3.05) is 18.5 Å². The number of carbonyl (C=O) groups is 1. The summed E-state index contributed by atoms with van der Waals surface area (Å²) in [5.74, 6) is -0.918. The van der Waals surface area contributed by atoms with Crippen LogP contribution in [0.3, 0.4) is 0 Å². The lowest BCUT2D eigenvalue weighted by atomic mass is 10.1. The summed E-state index contributed by atoms with van der Waals surface area (Å²) in [4.78, 5) is 12.7. The van der Waals surface area contributed by atoms with Gasteiger partial charge in [0.15, 0.2) is 0 Å². The van der Waals surface area contributed by atoms with Crippen molar-refractivity contribution in [3.05, 3.63) is 35.4 Å². The molecule has 0 radical (unpaired) electrons. The first kappa shape index (κ1) is 14.3. The number of hydrogen-bond donors (Lipinski definition) is 1. The fourth-order valence-electron chi connectivity index (χ4n) is 1.77. The number of unbranched alkanes of at least 4 members (excludes halogenated alkanes) is 1. The number of benzene rings is 1. The maximum atomic E-state index is 10.5. The van der Waals surface area contributed by atoms with Gasteiger partial charge in [0.2, 0.25) is 0 Å². The van der Waals surface area contributed by atoms with E-state index >= 15 is 0 Å².